The van der Waals surface area contributed by atoms with Crippen LogP contribution in [0.3, 0.4) is 0 Å². The fourth-order valence-electron chi connectivity index (χ4n) is 3.25. The lowest BCUT2D eigenvalue weighted by Crippen LogP contribution is -2.35. The molecule has 1 aliphatic heterocycles. The zero-order valence-corrected chi connectivity index (χ0v) is 15.8. The topological polar surface area (TPSA) is 90.1 Å². The van der Waals surface area contributed by atoms with E-state index in [0.29, 0.717) is 25.3 Å². The first-order chi connectivity index (χ1) is 13.0. The van der Waals surface area contributed by atoms with Crippen LogP contribution in [-0.2, 0) is 4.74 Å². The zero-order valence-electron chi connectivity index (χ0n) is 15.0. The van der Waals surface area contributed by atoms with E-state index < -0.39 is 11.7 Å². The first-order valence-corrected chi connectivity index (χ1v) is 9.17. The summed E-state index contributed by atoms with van der Waals surface area (Å²) >= 11 is 6.17. The number of ether oxygens (including phenoxy) is 1. The Bertz CT molecular complexity index is 840. The third-order valence-electron chi connectivity index (χ3n) is 5.15. The summed E-state index contributed by atoms with van der Waals surface area (Å²) in [6, 6.07) is 2.58. The van der Waals surface area contributed by atoms with Gasteiger partial charge in [-0.05, 0) is 36.8 Å². The van der Waals surface area contributed by atoms with Gasteiger partial charge in [0, 0.05) is 31.5 Å². The van der Waals surface area contributed by atoms with Gasteiger partial charge in [-0.2, -0.15) is 0 Å². The largest absolute Gasteiger partial charge is 0.381 e. The van der Waals surface area contributed by atoms with E-state index in [1.54, 1.807) is 0 Å². The number of hydrogen-bond donors (Lipinski definition) is 2. The Kier molecular flexibility index (Phi) is 5.92. The molecule has 1 aliphatic rings. The van der Waals surface area contributed by atoms with Gasteiger partial charge < -0.3 is 15.8 Å². The second-order valence-corrected chi connectivity index (χ2v) is 7.10. The third-order valence-corrected chi connectivity index (χ3v) is 5.45. The van der Waals surface area contributed by atoms with Crippen LogP contribution >= 0.6 is 11.6 Å². The fourth-order valence-corrected chi connectivity index (χ4v) is 3.45. The molecule has 0 aliphatic carbocycles. The molecule has 0 unspecified atom stereocenters. The van der Waals surface area contributed by atoms with Crippen molar-refractivity contribution in [1.29, 1.82) is 0 Å². The SMILES string of the molecule is CCC1(CNc2nc(-c3c[c]ncc3Cl)c(C(N)=O)cc2F)CCOCC1. The summed E-state index contributed by atoms with van der Waals surface area (Å²) in [6.45, 7) is 4.06. The summed E-state index contributed by atoms with van der Waals surface area (Å²) in [7, 11) is 0. The molecule has 0 aromatic carbocycles. The quantitative estimate of drug-likeness (QED) is 0.787. The van der Waals surface area contributed by atoms with Crippen LogP contribution in [-0.4, -0.2) is 35.6 Å². The highest BCUT2D eigenvalue weighted by atomic mass is 35.5. The van der Waals surface area contributed by atoms with Gasteiger partial charge in [0.05, 0.1) is 22.5 Å². The lowest BCUT2D eigenvalue weighted by atomic mass is 9.78. The highest BCUT2D eigenvalue weighted by Crippen LogP contribution is 2.35. The minimum atomic E-state index is -0.787. The fraction of sp³-hybridized carbons (Fsp3) is 0.421. The van der Waals surface area contributed by atoms with E-state index in [1.165, 1.54) is 12.3 Å². The number of halogens is 2. The molecule has 1 saturated heterocycles. The van der Waals surface area contributed by atoms with Gasteiger partial charge in [-0.1, -0.05) is 18.5 Å². The van der Waals surface area contributed by atoms with Gasteiger partial charge in [0.25, 0.3) is 5.91 Å². The number of primary amides is 1. The van der Waals surface area contributed by atoms with Crippen LogP contribution in [0.1, 0.15) is 36.5 Å². The molecule has 27 heavy (non-hydrogen) atoms. The molecule has 2 aromatic heterocycles. The van der Waals surface area contributed by atoms with Gasteiger partial charge in [-0.15, -0.1) is 0 Å². The summed E-state index contributed by atoms with van der Waals surface area (Å²) in [5.41, 5.74) is 6.00. The van der Waals surface area contributed by atoms with Crippen molar-refractivity contribution < 1.29 is 13.9 Å². The van der Waals surface area contributed by atoms with E-state index in [9.17, 15) is 9.18 Å². The van der Waals surface area contributed by atoms with Gasteiger partial charge in [0.1, 0.15) is 0 Å². The molecule has 0 bridgehead atoms. The number of rotatable bonds is 6. The average molecular weight is 392 g/mol. The number of nitrogens with zero attached hydrogens (tertiary/aromatic N) is 2. The normalized spacial score (nSPS) is 16.1. The van der Waals surface area contributed by atoms with E-state index in [1.807, 2.05) is 0 Å². The highest BCUT2D eigenvalue weighted by molar-refractivity contribution is 6.33. The summed E-state index contributed by atoms with van der Waals surface area (Å²) in [5.74, 6) is -1.37. The van der Waals surface area contributed by atoms with Crippen molar-refractivity contribution in [3.63, 3.8) is 0 Å². The summed E-state index contributed by atoms with van der Waals surface area (Å²) in [4.78, 5) is 19.9. The smallest absolute Gasteiger partial charge is 0.251 e. The Morgan fingerprint density at radius 1 is 1.48 bits per heavy atom. The van der Waals surface area contributed by atoms with Gasteiger partial charge in [0.15, 0.2) is 11.6 Å². The number of aromatic nitrogens is 2. The Morgan fingerprint density at radius 3 is 2.85 bits per heavy atom. The molecule has 0 atom stereocenters. The molecule has 1 radical (unpaired) electrons. The van der Waals surface area contributed by atoms with Crippen molar-refractivity contribution in [2.24, 2.45) is 11.1 Å². The van der Waals surface area contributed by atoms with Crippen LogP contribution in [0.25, 0.3) is 11.3 Å². The number of nitrogens with one attached hydrogen (secondary N) is 1. The number of pyridine rings is 2. The van der Waals surface area contributed by atoms with Crippen LogP contribution in [0.15, 0.2) is 18.3 Å². The highest BCUT2D eigenvalue weighted by Gasteiger charge is 2.31. The van der Waals surface area contributed by atoms with Crippen LogP contribution < -0.4 is 11.1 Å². The van der Waals surface area contributed by atoms with Crippen molar-refractivity contribution in [2.45, 2.75) is 26.2 Å². The molecule has 2 aromatic rings. The van der Waals surface area contributed by atoms with E-state index >= 15 is 0 Å². The Morgan fingerprint density at radius 2 is 2.22 bits per heavy atom. The van der Waals surface area contributed by atoms with Crippen LogP contribution in [0.2, 0.25) is 5.02 Å². The number of carbonyl (C=O) groups excluding carboxylic acids is 1. The predicted octanol–water partition coefficient (Wildman–Crippen LogP) is 3.45. The van der Waals surface area contributed by atoms with Gasteiger partial charge in [-0.25, -0.2) is 9.37 Å². The van der Waals surface area contributed by atoms with Crippen molar-refractivity contribution in [3.8, 4) is 11.3 Å². The maximum atomic E-state index is 14.6. The van der Waals surface area contributed by atoms with Crippen molar-refractivity contribution >= 4 is 23.3 Å². The van der Waals surface area contributed by atoms with Crippen molar-refractivity contribution in [3.05, 3.63) is 40.9 Å². The molecule has 143 valence electrons. The minimum Gasteiger partial charge on any atom is -0.381 e. The van der Waals surface area contributed by atoms with Gasteiger partial charge >= 0.3 is 0 Å². The Labute approximate surface area is 162 Å². The predicted molar refractivity (Wildman–Crippen MR) is 101 cm³/mol. The first-order valence-electron chi connectivity index (χ1n) is 8.80. The Balaban J connectivity index is 1.95. The van der Waals surface area contributed by atoms with E-state index in [-0.39, 0.29) is 27.5 Å². The van der Waals surface area contributed by atoms with E-state index in [4.69, 9.17) is 22.1 Å². The molecule has 8 heteroatoms. The zero-order chi connectivity index (χ0) is 19.4. The second kappa shape index (κ2) is 8.19. The number of amides is 1. The standard InChI is InChI=1S/C19H21ClFN4O2/c1-2-19(4-7-27-8-5-19)11-24-18-15(21)9-13(17(22)26)16(25-18)12-3-6-23-10-14(12)20/h3,9-10H,2,4-5,7-8,11H2,1H3,(H2,22,26)(H,24,25). The van der Waals surface area contributed by atoms with Crippen LogP contribution in [0.4, 0.5) is 10.2 Å². The maximum Gasteiger partial charge on any atom is 0.251 e. The maximum absolute atomic E-state index is 14.6. The van der Waals surface area contributed by atoms with Crippen molar-refractivity contribution in [2.75, 3.05) is 25.1 Å². The number of anilines is 1. The molecule has 6 nitrogen and oxygen atoms in total. The summed E-state index contributed by atoms with van der Waals surface area (Å²) < 4.78 is 20.0. The molecule has 0 spiro atoms. The Hall–Kier alpha value is -2.25. The van der Waals surface area contributed by atoms with Crippen LogP contribution in [0.5, 0.6) is 0 Å². The van der Waals surface area contributed by atoms with Gasteiger partial charge in [-0.3, -0.25) is 9.78 Å². The third kappa shape index (κ3) is 4.20. The first kappa shape index (κ1) is 19.5. The molecule has 3 rings (SSSR count). The summed E-state index contributed by atoms with van der Waals surface area (Å²) in [5, 5.41) is 3.38. The molecular formula is C19H21ClFN4O2. The molecule has 3 heterocycles. The minimum absolute atomic E-state index is 0.0248. The molecule has 3 N–H and O–H groups in total. The second-order valence-electron chi connectivity index (χ2n) is 6.69. The van der Waals surface area contributed by atoms with Crippen molar-refractivity contribution in [1.82, 2.24) is 9.97 Å². The average Bonchev–Trinajstić information content (AvgIpc) is 2.68. The lowest BCUT2D eigenvalue weighted by molar-refractivity contribution is 0.0191. The number of hydrogen-bond acceptors (Lipinski definition) is 5. The summed E-state index contributed by atoms with van der Waals surface area (Å²) in [6.07, 6.45) is 6.77. The van der Waals surface area contributed by atoms with E-state index in [2.05, 4.69) is 28.4 Å². The molecular weight excluding hydrogens is 371 g/mol. The van der Waals surface area contributed by atoms with E-state index in [0.717, 1.165) is 25.3 Å². The molecule has 0 saturated carbocycles. The molecule has 1 fully saturated rings. The molecule has 1 amide bonds. The number of carbonyl (C=O) groups is 1. The van der Waals surface area contributed by atoms with Gasteiger partial charge in [0.2, 0.25) is 0 Å². The van der Waals surface area contributed by atoms with Crippen LogP contribution in [0, 0.1) is 17.4 Å². The monoisotopic (exact) mass is 391 g/mol. The number of nitrogens with two attached hydrogens (primary N) is 1. The lowest BCUT2D eigenvalue weighted by Gasteiger charge is -2.36.